The fraction of sp³-hybridized carbons (Fsp3) is 0.700. The molecule has 0 aliphatic rings. The lowest BCUT2D eigenvalue weighted by molar-refractivity contribution is 0.614. The van der Waals surface area contributed by atoms with Gasteiger partial charge in [-0.2, -0.15) is 11.8 Å². The number of nitrogens with one attached hydrogen (secondary N) is 1. The summed E-state index contributed by atoms with van der Waals surface area (Å²) in [5, 5.41) is 3.28. The van der Waals surface area contributed by atoms with Gasteiger partial charge in [-0.25, -0.2) is 4.98 Å². The third-order valence-electron chi connectivity index (χ3n) is 2.07. The van der Waals surface area contributed by atoms with Gasteiger partial charge in [0.25, 0.3) is 0 Å². The van der Waals surface area contributed by atoms with Crippen molar-refractivity contribution in [1.82, 2.24) is 9.55 Å². The quantitative estimate of drug-likeness (QED) is 0.815. The fourth-order valence-electron chi connectivity index (χ4n) is 1.46. The molecule has 3 nitrogen and oxygen atoms in total. The first-order valence-corrected chi connectivity index (χ1v) is 6.36. The Morgan fingerprint density at radius 2 is 2.36 bits per heavy atom. The van der Waals surface area contributed by atoms with E-state index in [0.717, 1.165) is 23.9 Å². The average molecular weight is 213 g/mol. The molecule has 0 fully saturated rings. The molecule has 1 rings (SSSR count). The van der Waals surface area contributed by atoms with Crippen LogP contribution in [0.5, 0.6) is 0 Å². The smallest absolute Gasteiger partial charge is 0.203 e. The molecule has 0 amide bonds. The van der Waals surface area contributed by atoms with Gasteiger partial charge in [0.1, 0.15) is 0 Å². The van der Waals surface area contributed by atoms with Crippen molar-refractivity contribution in [2.75, 3.05) is 23.9 Å². The van der Waals surface area contributed by atoms with Crippen molar-refractivity contribution in [1.29, 1.82) is 0 Å². The first-order valence-electron chi connectivity index (χ1n) is 4.97. The number of aryl methyl sites for hydroxylation is 1. The number of anilines is 1. The first-order chi connectivity index (χ1) is 6.69. The van der Waals surface area contributed by atoms with Gasteiger partial charge in [-0.1, -0.05) is 0 Å². The second-order valence-electron chi connectivity index (χ2n) is 3.45. The summed E-state index contributed by atoms with van der Waals surface area (Å²) in [5.74, 6) is 2.11. The number of thioether (sulfide) groups is 1. The highest BCUT2D eigenvalue weighted by atomic mass is 32.2. The molecule has 1 atom stereocenters. The van der Waals surface area contributed by atoms with Crippen LogP contribution in [0.4, 0.5) is 5.95 Å². The highest BCUT2D eigenvalue weighted by molar-refractivity contribution is 7.98. The van der Waals surface area contributed by atoms with E-state index in [1.807, 2.05) is 18.7 Å². The predicted molar refractivity (Wildman–Crippen MR) is 64.2 cm³/mol. The van der Waals surface area contributed by atoms with Crippen LogP contribution in [0.2, 0.25) is 0 Å². The van der Waals surface area contributed by atoms with Crippen molar-refractivity contribution < 1.29 is 0 Å². The number of hydrogen-bond acceptors (Lipinski definition) is 3. The normalized spacial score (nSPS) is 12.9. The van der Waals surface area contributed by atoms with Crippen LogP contribution in [-0.4, -0.2) is 28.1 Å². The summed E-state index contributed by atoms with van der Waals surface area (Å²) in [5.41, 5.74) is 1.08. The lowest BCUT2D eigenvalue weighted by atomic mass is 10.4. The third-order valence-corrected chi connectivity index (χ3v) is 2.89. The van der Waals surface area contributed by atoms with Crippen LogP contribution >= 0.6 is 11.8 Å². The first kappa shape index (κ1) is 11.4. The lowest BCUT2D eigenvalue weighted by Gasteiger charge is -2.15. The zero-order valence-electron chi connectivity index (χ0n) is 9.37. The number of aromatic nitrogens is 2. The van der Waals surface area contributed by atoms with Crippen LogP contribution < -0.4 is 5.32 Å². The summed E-state index contributed by atoms with van der Waals surface area (Å²) in [4.78, 5) is 4.45. The van der Waals surface area contributed by atoms with Gasteiger partial charge in [0.15, 0.2) is 0 Å². The maximum Gasteiger partial charge on any atom is 0.203 e. The molecular weight excluding hydrogens is 194 g/mol. The highest BCUT2D eigenvalue weighted by Gasteiger charge is 2.10. The molecule has 0 aliphatic carbocycles. The molecule has 0 spiro atoms. The minimum Gasteiger partial charge on any atom is -0.356 e. The summed E-state index contributed by atoms with van der Waals surface area (Å²) >= 11 is 1.86. The van der Waals surface area contributed by atoms with Crippen LogP contribution in [-0.2, 0) is 0 Å². The van der Waals surface area contributed by atoms with E-state index in [1.54, 1.807) is 0 Å². The van der Waals surface area contributed by atoms with Crippen LogP contribution in [0, 0.1) is 6.92 Å². The fourth-order valence-corrected chi connectivity index (χ4v) is 2.11. The zero-order chi connectivity index (χ0) is 10.6. The molecule has 0 aromatic carbocycles. The molecular formula is C10H19N3S. The third kappa shape index (κ3) is 2.67. The van der Waals surface area contributed by atoms with E-state index in [2.05, 4.69) is 41.2 Å². The summed E-state index contributed by atoms with van der Waals surface area (Å²) < 4.78 is 2.22. The second kappa shape index (κ2) is 5.29. The minimum atomic E-state index is 0.500. The molecule has 0 saturated heterocycles. The molecule has 1 aromatic rings. The van der Waals surface area contributed by atoms with Crippen molar-refractivity contribution in [3.63, 3.8) is 0 Å². The Balaban J connectivity index is 2.82. The maximum atomic E-state index is 4.45. The van der Waals surface area contributed by atoms with Crippen molar-refractivity contribution in [2.24, 2.45) is 0 Å². The summed E-state index contributed by atoms with van der Waals surface area (Å²) in [6.45, 7) is 7.26. The van der Waals surface area contributed by atoms with E-state index in [4.69, 9.17) is 0 Å². The number of nitrogens with zero attached hydrogens (tertiary/aromatic N) is 2. The van der Waals surface area contributed by atoms with Gasteiger partial charge in [0, 0.05) is 24.5 Å². The Kier molecular flexibility index (Phi) is 4.32. The van der Waals surface area contributed by atoms with Gasteiger partial charge in [0.2, 0.25) is 5.95 Å². The van der Waals surface area contributed by atoms with Gasteiger partial charge in [0.05, 0.1) is 5.69 Å². The molecule has 1 unspecified atom stereocenters. The molecule has 14 heavy (non-hydrogen) atoms. The molecule has 4 heteroatoms. The molecule has 0 aliphatic heterocycles. The monoisotopic (exact) mass is 213 g/mol. The number of hydrogen-bond donors (Lipinski definition) is 1. The zero-order valence-corrected chi connectivity index (χ0v) is 10.2. The van der Waals surface area contributed by atoms with E-state index in [0.29, 0.717) is 6.04 Å². The average Bonchev–Trinajstić information content (AvgIpc) is 2.48. The van der Waals surface area contributed by atoms with E-state index in [9.17, 15) is 0 Å². The minimum absolute atomic E-state index is 0.500. The van der Waals surface area contributed by atoms with E-state index >= 15 is 0 Å². The molecule has 1 N–H and O–H groups in total. The van der Waals surface area contributed by atoms with Crippen LogP contribution in [0.3, 0.4) is 0 Å². The lowest BCUT2D eigenvalue weighted by Crippen LogP contribution is -2.11. The summed E-state index contributed by atoms with van der Waals surface area (Å²) in [6, 6.07) is 0.500. The van der Waals surface area contributed by atoms with Gasteiger partial charge in [-0.05, 0) is 27.0 Å². The largest absolute Gasteiger partial charge is 0.356 e. The Labute approximate surface area is 90.3 Å². The summed E-state index contributed by atoms with van der Waals surface area (Å²) in [6.07, 6.45) is 4.24. The van der Waals surface area contributed by atoms with Crippen molar-refractivity contribution >= 4 is 17.7 Å². The highest BCUT2D eigenvalue weighted by Crippen LogP contribution is 2.18. The van der Waals surface area contributed by atoms with Gasteiger partial charge in [-0.3, -0.25) is 0 Å². The molecule has 1 aromatic heterocycles. The molecule has 0 saturated carbocycles. The Bertz CT molecular complexity index is 283. The Morgan fingerprint density at radius 3 is 2.93 bits per heavy atom. The number of rotatable bonds is 5. The van der Waals surface area contributed by atoms with E-state index < -0.39 is 0 Å². The van der Waals surface area contributed by atoms with E-state index in [-0.39, 0.29) is 0 Å². The molecule has 1 heterocycles. The Morgan fingerprint density at radius 1 is 1.64 bits per heavy atom. The van der Waals surface area contributed by atoms with Crippen molar-refractivity contribution in [3.8, 4) is 0 Å². The standard InChI is InChI=1S/C10H19N3S/c1-5-11-10-12-8(2)6-13(10)9(3)7-14-4/h6,9H,5,7H2,1-4H3,(H,11,12). The SMILES string of the molecule is CCNc1nc(C)cn1C(C)CSC. The van der Waals surface area contributed by atoms with Gasteiger partial charge >= 0.3 is 0 Å². The topological polar surface area (TPSA) is 29.9 Å². The molecule has 80 valence electrons. The maximum absolute atomic E-state index is 4.45. The van der Waals surface area contributed by atoms with Crippen molar-refractivity contribution in [2.45, 2.75) is 26.8 Å². The number of imidazole rings is 1. The van der Waals surface area contributed by atoms with Crippen LogP contribution in [0.15, 0.2) is 6.20 Å². The molecule has 0 bridgehead atoms. The van der Waals surface area contributed by atoms with Crippen LogP contribution in [0.1, 0.15) is 25.6 Å². The second-order valence-corrected chi connectivity index (χ2v) is 4.36. The summed E-state index contributed by atoms with van der Waals surface area (Å²) in [7, 11) is 0. The van der Waals surface area contributed by atoms with Gasteiger partial charge < -0.3 is 9.88 Å². The molecule has 0 radical (unpaired) electrons. The Hall–Kier alpha value is -0.640. The van der Waals surface area contributed by atoms with Gasteiger partial charge in [-0.15, -0.1) is 0 Å². The van der Waals surface area contributed by atoms with E-state index in [1.165, 1.54) is 0 Å². The van der Waals surface area contributed by atoms with Crippen LogP contribution in [0.25, 0.3) is 0 Å². The predicted octanol–water partition coefficient (Wildman–Crippen LogP) is 2.55. The van der Waals surface area contributed by atoms with Crippen molar-refractivity contribution in [3.05, 3.63) is 11.9 Å².